The number of phenolic OH excluding ortho intramolecular Hbond substituents is 1. The van der Waals surface area contributed by atoms with Gasteiger partial charge in [-0.1, -0.05) is 37.8 Å². The molecule has 1 aliphatic rings. The molecule has 1 atom stereocenters. The van der Waals surface area contributed by atoms with Gasteiger partial charge >= 0.3 is 0 Å². The number of nitrogens with one attached hydrogen (secondary N) is 1. The van der Waals surface area contributed by atoms with E-state index in [4.69, 9.17) is 0 Å². The monoisotopic (exact) mass is 475 g/mol. The van der Waals surface area contributed by atoms with Crippen LogP contribution in [0.4, 0.5) is 5.69 Å². The average Bonchev–Trinajstić information content (AvgIpc) is 3.04. The molecule has 1 unspecified atom stereocenters. The van der Waals surface area contributed by atoms with E-state index < -0.39 is 6.04 Å². The van der Waals surface area contributed by atoms with Gasteiger partial charge in [-0.3, -0.25) is 14.5 Å². The maximum atomic E-state index is 13.6. The lowest BCUT2D eigenvalue weighted by Crippen LogP contribution is -2.40. The molecule has 0 spiro atoms. The molecule has 0 saturated heterocycles. The molecule has 0 radical (unpaired) electrons. The quantitative estimate of drug-likeness (QED) is 0.478. The fourth-order valence-electron chi connectivity index (χ4n) is 4.35. The van der Waals surface area contributed by atoms with Crippen molar-refractivity contribution in [1.82, 2.24) is 9.80 Å². The zero-order valence-electron chi connectivity index (χ0n) is 20.8. The van der Waals surface area contributed by atoms with E-state index in [0.29, 0.717) is 23.4 Å². The molecule has 2 aromatic carbocycles. The number of carbonyl (C=O) groups excluding carboxylic acids is 3. The fourth-order valence-corrected chi connectivity index (χ4v) is 4.35. The fraction of sp³-hybridized carbons (Fsp3) is 0.321. The van der Waals surface area contributed by atoms with Gasteiger partial charge < -0.3 is 20.1 Å². The topological polar surface area (TPSA) is 89.9 Å². The summed E-state index contributed by atoms with van der Waals surface area (Å²) < 4.78 is 0. The number of anilines is 1. The van der Waals surface area contributed by atoms with E-state index in [1.165, 1.54) is 18.7 Å². The molecule has 0 saturated carbocycles. The minimum atomic E-state index is -0.722. The maximum absolute atomic E-state index is 13.6. The molecule has 2 N–H and O–H groups in total. The number of aromatic hydroxyl groups is 1. The molecule has 1 heterocycles. The number of amides is 1. The third kappa shape index (κ3) is 5.80. The Labute approximate surface area is 206 Å². The number of Topliss-reactive ketones (excluding diaryl/α,β-unsaturated/α-hetero) is 2. The first-order chi connectivity index (χ1) is 16.6. The van der Waals surface area contributed by atoms with Gasteiger partial charge in [-0.15, -0.1) is 0 Å². The Hall–Kier alpha value is -3.87. The molecule has 35 heavy (non-hydrogen) atoms. The molecule has 2 aromatic rings. The largest absolute Gasteiger partial charge is 0.508 e. The Morgan fingerprint density at radius 3 is 2.54 bits per heavy atom. The highest BCUT2D eigenvalue weighted by atomic mass is 16.3. The zero-order chi connectivity index (χ0) is 25.7. The summed E-state index contributed by atoms with van der Waals surface area (Å²) in [5, 5.41) is 13.1. The van der Waals surface area contributed by atoms with Crippen LogP contribution < -0.4 is 5.32 Å². The van der Waals surface area contributed by atoms with Crippen LogP contribution in [0.2, 0.25) is 0 Å². The highest BCUT2D eigenvalue weighted by Crippen LogP contribution is 2.37. The number of fused-ring (bicyclic) bond motifs is 1. The number of rotatable bonds is 11. The van der Waals surface area contributed by atoms with Crippen molar-refractivity contribution in [2.24, 2.45) is 0 Å². The van der Waals surface area contributed by atoms with Crippen molar-refractivity contribution < 1.29 is 19.5 Å². The standard InChI is InChI=1S/C28H33N3O4/c1-6-9-26(29-22-11-8-12-23(34)16-22)30(5)17-21-10-7-13-24-19(3)31(28(35)27(21)24)25(20(4)33)15-14-18(2)32/h7-13,16,25,29,34H,3,6,14-15,17H2,1-2,4-5H3/b26-9+. The second-order valence-electron chi connectivity index (χ2n) is 8.86. The summed E-state index contributed by atoms with van der Waals surface area (Å²) in [6, 6.07) is 11.8. The summed E-state index contributed by atoms with van der Waals surface area (Å²) in [6.07, 6.45) is 3.32. The Morgan fingerprint density at radius 2 is 1.91 bits per heavy atom. The molecule has 0 fully saturated rings. The lowest BCUT2D eigenvalue weighted by molar-refractivity contribution is -0.121. The average molecular weight is 476 g/mol. The number of phenols is 1. The van der Waals surface area contributed by atoms with Crippen molar-refractivity contribution in [2.45, 2.75) is 52.6 Å². The normalized spacial score (nSPS) is 14.1. The first kappa shape index (κ1) is 25.7. The lowest BCUT2D eigenvalue weighted by Gasteiger charge is -2.27. The highest BCUT2D eigenvalue weighted by Gasteiger charge is 2.39. The zero-order valence-corrected chi connectivity index (χ0v) is 20.8. The van der Waals surface area contributed by atoms with Gasteiger partial charge in [0.25, 0.3) is 5.91 Å². The Kier molecular flexibility index (Phi) is 8.12. The smallest absolute Gasteiger partial charge is 0.259 e. The third-order valence-corrected chi connectivity index (χ3v) is 6.07. The van der Waals surface area contributed by atoms with Gasteiger partial charge in [0.15, 0.2) is 5.78 Å². The Morgan fingerprint density at radius 1 is 1.20 bits per heavy atom. The van der Waals surface area contributed by atoms with Crippen LogP contribution in [-0.4, -0.2) is 45.5 Å². The summed E-state index contributed by atoms with van der Waals surface area (Å²) in [7, 11) is 1.92. The summed E-state index contributed by atoms with van der Waals surface area (Å²) >= 11 is 0. The van der Waals surface area contributed by atoms with Gasteiger partial charge in [-0.2, -0.15) is 0 Å². The number of nitrogens with zero attached hydrogens (tertiary/aromatic N) is 2. The number of hydrogen-bond donors (Lipinski definition) is 2. The van der Waals surface area contributed by atoms with Crippen molar-refractivity contribution in [1.29, 1.82) is 0 Å². The molecule has 1 amide bonds. The van der Waals surface area contributed by atoms with Crippen molar-refractivity contribution in [3.05, 3.63) is 77.6 Å². The highest BCUT2D eigenvalue weighted by molar-refractivity contribution is 6.12. The Bertz CT molecular complexity index is 1180. The molecule has 0 aliphatic carbocycles. The van der Waals surface area contributed by atoms with Crippen molar-refractivity contribution >= 4 is 28.9 Å². The molecule has 7 heteroatoms. The molecule has 0 aromatic heterocycles. The van der Waals surface area contributed by atoms with Gasteiger partial charge in [0.1, 0.15) is 17.4 Å². The molecule has 3 rings (SSSR count). The van der Waals surface area contributed by atoms with Crippen LogP contribution in [0.25, 0.3) is 5.70 Å². The van der Waals surface area contributed by atoms with E-state index in [1.54, 1.807) is 18.2 Å². The van der Waals surface area contributed by atoms with Crippen LogP contribution in [0.15, 0.2) is 60.9 Å². The van der Waals surface area contributed by atoms with E-state index in [9.17, 15) is 19.5 Å². The van der Waals surface area contributed by atoms with E-state index in [2.05, 4.69) is 11.9 Å². The number of ketones is 2. The van der Waals surface area contributed by atoms with Gasteiger partial charge in [0.2, 0.25) is 0 Å². The van der Waals surface area contributed by atoms with Crippen molar-refractivity contribution in [2.75, 3.05) is 12.4 Å². The maximum Gasteiger partial charge on any atom is 0.259 e. The molecular formula is C28H33N3O4. The van der Waals surface area contributed by atoms with Gasteiger partial charge in [0, 0.05) is 43.0 Å². The summed E-state index contributed by atoms with van der Waals surface area (Å²) in [6.45, 7) is 9.51. The summed E-state index contributed by atoms with van der Waals surface area (Å²) in [5.41, 5.74) is 3.29. The van der Waals surface area contributed by atoms with Crippen LogP contribution >= 0.6 is 0 Å². The first-order valence-corrected chi connectivity index (χ1v) is 11.8. The van der Waals surface area contributed by atoms with Gasteiger partial charge in [0.05, 0.1) is 11.6 Å². The van der Waals surface area contributed by atoms with Crippen LogP contribution in [-0.2, 0) is 16.1 Å². The predicted octanol–water partition coefficient (Wildman–Crippen LogP) is 4.94. The molecule has 184 valence electrons. The van der Waals surface area contributed by atoms with E-state index in [1.807, 2.05) is 49.2 Å². The minimum absolute atomic E-state index is 0.0252. The molecule has 1 aliphatic heterocycles. The number of allylic oxidation sites excluding steroid dienone is 1. The van der Waals surface area contributed by atoms with Crippen molar-refractivity contribution in [3.8, 4) is 5.75 Å². The third-order valence-electron chi connectivity index (χ3n) is 6.07. The molecular weight excluding hydrogens is 442 g/mol. The van der Waals surface area contributed by atoms with Gasteiger partial charge in [-0.25, -0.2) is 0 Å². The van der Waals surface area contributed by atoms with Gasteiger partial charge in [-0.05, 0) is 50.5 Å². The minimum Gasteiger partial charge on any atom is -0.508 e. The molecule has 7 nitrogen and oxygen atoms in total. The molecule has 0 bridgehead atoms. The number of carbonyl (C=O) groups is 3. The van der Waals surface area contributed by atoms with E-state index in [-0.39, 0.29) is 36.1 Å². The lowest BCUT2D eigenvalue weighted by atomic mass is 10.0. The van der Waals surface area contributed by atoms with Crippen LogP contribution in [0.1, 0.15) is 61.5 Å². The van der Waals surface area contributed by atoms with Crippen molar-refractivity contribution in [3.63, 3.8) is 0 Å². The van der Waals surface area contributed by atoms with E-state index in [0.717, 1.165) is 23.5 Å². The van der Waals surface area contributed by atoms with Crippen LogP contribution in [0, 0.1) is 0 Å². The number of benzene rings is 2. The second kappa shape index (κ2) is 11.0. The predicted molar refractivity (Wildman–Crippen MR) is 138 cm³/mol. The van der Waals surface area contributed by atoms with Crippen LogP contribution in [0.3, 0.4) is 0 Å². The summed E-state index contributed by atoms with van der Waals surface area (Å²) in [5.74, 6) is 0.543. The number of hydrogen-bond acceptors (Lipinski definition) is 6. The Balaban J connectivity index is 1.88. The van der Waals surface area contributed by atoms with Crippen LogP contribution in [0.5, 0.6) is 5.75 Å². The first-order valence-electron chi connectivity index (χ1n) is 11.8. The van der Waals surface area contributed by atoms with E-state index >= 15 is 0 Å². The summed E-state index contributed by atoms with van der Waals surface area (Å²) in [4.78, 5) is 41.0. The SMILES string of the molecule is C=C1c2cccc(CN(C)/C(=C/CC)Nc3cccc(O)c3)c2C(=O)N1C(CCC(C)=O)C(C)=O. The second-order valence-corrected chi connectivity index (χ2v) is 8.86.